The number of methoxy groups -OCH3 is 1. The Labute approximate surface area is 141 Å². The molecule has 2 aromatic heterocycles. The van der Waals surface area contributed by atoms with E-state index in [0.29, 0.717) is 5.92 Å². The molecule has 1 N–H and O–H groups in total. The maximum Gasteiger partial charge on any atom is 0.349 e. The first-order valence-corrected chi connectivity index (χ1v) is 8.26. The molecule has 0 aromatic carbocycles. The molecular weight excluding hydrogens is 332 g/mol. The minimum atomic E-state index is -0.790. The molecule has 0 spiro atoms. The molecule has 0 bridgehead atoms. The number of carbonyl (C=O) groups excluding carboxylic acids is 2. The average Bonchev–Trinajstić information content (AvgIpc) is 3.33. The maximum atomic E-state index is 12.4. The predicted molar refractivity (Wildman–Crippen MR) is 87.3 cm³/mol. The van der Waals surface area contributed by atoms with Crippen LogP contribution in [0, 0.1) is 0 Å². The number of thiazole rings is 1. The molecule has 0 aliphatic heterocycles. The van der Waals surface area contributed by atoms with Crippen LogP contribution < -0.4 is 10.9 Å². The Morgan fingerprint density at radius 1 is 1.42 bits per heavy atom. The van der Waals surface area contributed by atoms with Gasteiger partial charge >= 0.3 is 5.97 Å². The lowest BCUT2D eigenvalue weighted by molar-refractivity contribution is -0.119. The number of amides is 1. The zero-order valence-corrected chi connectivity index (χ0v) is 14.0. The van der Waals surface area contributed by atoms with Crippen LogP contribution in [0.1, 0.15) is 47.1 Å². The van der Waals surface area contributed by atoms with E-state index in [0.717, 1.165) is 29.9 Å². The van der Waals surface area contributed by atoms with E-state index in [1.54, 1.807) is 13.0 Å². The van der Waals surface area contributed by atoms with E-state index in [2.05, 4.69) is 20.1 Å². The number of ether oxygens (including phenoxy) is 1. The fourth-order valence-electron chi connectivity index (χ4n) is 2.16. The number of esters is 1. The summed E-state index contributed by atoms with van der Waals surface area (Å²) in [5, 5.41) is 7.15. The number of hydrogen-bond donors (Lipinski definition) is 1. The van der Waals surface area contributed by atoms with Gasteiger partial charge in [0.15, 0.2) is 5.13 Å². The molecule has 1 fully saturated rings. The summed E-state index contributed by atoms with van der Waals surface area (Å²) in [4.78, 5) is 40.0. The molecule has 24 heavy (non-hydrogen) atoms. The number of nitrogens with zero attached hydrogens (tertiary/aromatic N) is 3. The molecule has 126 valence electrons. The van der Waals surface area contributed by atoms with Crippen molar-refractivity contribution in [2.24, 2.45) is 0 Å². The Kier molecular flexibility index (Phi) is 4.43. The van der Waals surface area contributed by atoms with E-state index >= 15 is 0 Å². The van der Waals surface area contributed by atoms with Gasteiger partial charge in [-0.05, 0) is 25.8 Å². The Morgan fingerprint density at radius 2 is 2.17 bits per heavy atom. The van der Waals surface area contributed by atoms with Gasteiger partial charge in [0.2, 0.25) is 0 Å². The summed E-state index contributed by atoms with van der Waals surface area (Å²) in [5.74, 6) is -0.562. The number of hydrogen-bond acceptors (Lipinski definition) is 7. The highest BCUT2D eigenvalue weighted by Crippen LogP contribution is 2.38. The second-order valence-electron chi connectivity index (χ2n) is 5.50. The minimum absolute atomic E-state index is 0.263. The molecular formula is C15H16N4O4S. The van der Waals surface area contributed by atoms with E-state index in [1.165, 1.54) is 24.1 Å². The molecule has 1 unspecified atom stereocenters. The summed E-state index contributed by atoms with van der Waals surface area (Å²) in [6.45, 7) is 1.59. The molecule has 1 aliphatic carbocycles. The molecule has 3 rings (SSSR count). The van der Waals surface area contributed by atoms with Crippen LogP contribution in [-0.4, -0.2) is 33.8 Å². The van der Waals surface area contributed by atoms with Crippen LogP contribution >= 0.6 is 11.3 Å². The first-order valence-electron chi connectivity index (χ1n) is 7.44. The van der Waals surface area contributed by atoms with Crippen molar-refractivity contribution in [3.05, 3.63) is 39.3 Å². The van der Waals surface area contributed by atoms with Crippen molar-refractivity contribution in [2.45, 2.75) is 31.7 Å². The third-order valence-electron chi connectivity index (χ3n) is 3.71. The second kappa shape index (κ2) is 6.52. The Balaban J connectivity index is 1.75. The molecule has 1 atom stereocenters. The molecule has 0 radical (unpaired) electrons. The Morgan fingerprint density at radius 3 is 2.83 bits per heavy atom. The van der Waals surface area contributed by atoms with Crippen LogP contribution in [0.25, 0.3) is 0 Å². The molecule has 0 saturated heterocycles. The summed E-state index contributed by atoms with van der Waals surface area (Å²) in [7, 11) is 1.27. The van der Waals surface area contributed by atoms with E-state index in [4.69, 9.17) is 0 Å². The molecule has 2 aromatic rings. The van der Waals surface area contributed by atoms with Gasteiger partial charge in [-0.2, -0.15) is 5.10 Å². The van der Waals surface area contributed by atoms with Crippen LogP contribution in [0.4, 0.5) is 5.13 Å². The van der Waals surface area contributed by atoms with E-state index in [1.807, 2.05) is 0 Å². The molecule has 8 nitrogen and oxygen atoms in total. The molecule has 2 heterocycles. The second-order valence-corrected chi connectivity index (χ2v) is 6.53. The normalized spacial score (nSPS) is 14.9. The lowest BCUT2D eigenvalue weighted by Gasteiger charge is -2.13. The minimum Gasteiger partial charge on any atom is -0.465 e. The summed E-state index contributed by atoms with van der Waals surface area (Å²) in [6, 6.07) is 2.36. The Bertz CT molecular complexity index is 840. The molecule has 1 amide bonds. The first-order chi connectivity index (χ1) is 11.5. The van der Waals surface area contributed by atoms with Crippen molar-refractivity contribution in [1.82, 2.24) is 14.8 Å². The zero-order valence-electron chi connectivity index (χ0n) is 13.2. The SMILES string of the molecule is COC(=O)c1cnc(NC(=O)C(C)n2nc(C3CC3)ccc2=O)s1. The fourth-order valence-corrected chi connectivity index (χ4v) is 2.90. The van der Waals surface area contributed by atoms with Gasteiger partial charge in [-0.1, -0.05) is 11.3 Å². The maximum absolute atomic E-state index is 12.4. The number of carbonyl (C=O) groups is 2. The van der Waals surface area contributed by atoms with Gasteiger partial charge in [-0.15, -0.1) is 0 Å². The highest BCUT2D eigenvalue weighted by molar-refractivity contribution is 7.17. The highest BCUT2D eigenvalue weighted by atomic mass is 32.1. The number of rotatable bonds is 5. The van der Waals surface area contributed by atoms with Gasteiger partial charge in [0.25, 0.3) is 11.5 Å². The standard InChI is InChI=1S/C15H16N4O4S/c1-8(19-12(20)6-5-10(18-19)9-3-4-9)13(21)17-15-16-7-11(24-15)14(22)23-2/h5-9H,3-4H2,1-2H3,(H,16,17,21). The van der Waals surface area contributed by atoms with Crippen LogP contribution in [0.15, 0.2) is 23.1 Å². The van der Waals surface area contributed by atoms with E-state index in [-0.39, 0.29) is 15.6 Å². The van der Waals surface area contributed by atoms with Crippen molar-refractivity contribution in [2.75, 3.05) is 12.4 Å². The fraction of sp³-hybridized carbons (Fsp3) is 0.400. The highest BCUT2D eigenvalue weighted by Gasteiger charge is 2.27. The van der Waals surface area contributed by atoms with E-state index < -0.39 is 17.9 Å². The van der Waals surface area contributed by atoms with Crippen molar-refractivity contribution in [1.29, 1.82) is 0 Å². The number of anilines is 1. The van der Waals surface area contributed by atoms with Gasteiger partial charge in [0.05, 0.1) is 19.0 Å². The summed E-state index contributed by atoms with van der Waals surface area (Å²) in [5.41, 5.74) is 0.493. The smallest absolute Gasteiger partial charge is 0.349 e. The summed E-state index contributed by atoms with van der Waals surface area (Å²) >= 11 is 1.00. The van der Waals surface area contributed by atoms with Gasteiger partial charge in [-0.3, -0.25) is 9.59 Å². The monoisotopic (exact) mass is 348 g/mol. The predicted octanol–water partition coefficient (Wildman–Crippen LogP) is 1.56. The average molecular weight is 348 g/mol. The Hall–Kier alpha value is -2.55. The molecule has 1 aliphatic rings. The third kappa shape index (κ3) is 3.35. The zero-order chi connectivity index (χ0) is 17.3. The number of aromatic nitrogens is 3. The van der Waals surface area contributed by atoms with Crippen molar-refractivity contribution in [3.63, 3.8) is 0 Å². The van der Waals surface area contributed by atoms with Gasteiger partial charge in [0.1, 0.15) is 10.9 Å². The van der Waals surface area contributed by atoms with Crippen LogP contribution in [-0.2, 0) is 9.53 Å². The van der Waals surface area contributed by atoms with Crippen molar-refractivity contribution < 1.29 is 14.3 Å². The van der Waals surface area contributed by atoms with Crippen molar-refractivity contribution in [3.8, 4) is 0 Å². The molecule has 1 saturated carbocycles. The summed E-state index contributed by atoms with van der Waals surface area (Å²) in [6.07, 6.45) is 3.44. The topological polar surface area (TPSA) is 103 Å². The molecule has 9 heteroatoms. The first kappa shape index (κ1) is 16.3. The van der Waals surface area contributed by atoms with Gasteiger partial charge in [-0.25, -0.2) is 14.5 Å². The quantitative estimate of drug-likeness (QED) is 0.823. The largest absolute Gasteiger partial charge is 0.465 e. The van der Waals surface area contributed by atoms with Crippen LogP contribution in [0.5, 0.6) is 0 Å². The third-order valence-corrected chi connectivity index (χ3v) is 4.60. The van der Waals surface area contributed by atoms with Crippen LogP contribution in [0.2, 0.25) is 0 Å². The summed E-state index contributed by atoms with van der Waals surface area (Å²) < 4.78 is 5.77. The van der Waals surface area contributed by atoms with Gasteiger partial charge in [0, 0.05) is 12.0 Å². The van der Waals surface area contributed by atoms with E-state index in [9.17, 15) is 14.4 Å². The van der Waals surface area contributed by atoms with Gasteiger partial charge < -0.3 is 10.1 Å². The lowest BCUT2D eigenvalue weighted by Crippen LogP contribution is -2.33. The number of nitrogens with one attached hydrogen (secondary N) is 1. The van der Waals surface area contributed by atoms with Crippen molar-refractivity contribution >= 4 is 28.3 Å². The van der Waals surface area contributed by atoms with Crippen LogP contribution in [0.3, 0.4) is 0 Å². The lowest BCUT2D eigenvalue weighted by atomic mass is 10.2.